The smallest absolute Gasteiger partial charge is 0.396 e. The number of fused-ring (bicyclic) bond motifs is 3. The molecule has 1 aliphatic heterocycles. The Bertz CT molecular complexity index is 1160. The third kappa shape index (κ3) is 2.56. The number of pyridine rings is 1. The fourth-order valence-electron chi connectivity index (χ4n) is 3.96. The van der Waals surface area contributed by atoms with Crippen LogP contribution in [0.5, 0.6) is 0 Å². The van der Waals surface area contributed by atoms with E-state index in [1.165, 1.54) is 16.7 Å². The third-order valence-electron chi connectivity index (χ3n) is 5.39. The van der Waals surface area contributed by atoms with E-state index in [1.807, 2.05) is 12.1 Å². The van der Waals surface area contributed by atoms with Crippen LogP contribution in [0, 0.1) is 0 Å². The van der Waals surface area contributed by atoms with Gasteiger partial charge in [0.05, 0.1) is 5.69 Å². The van der Waals surface area contributed by atoms with Gasteiger partial charge in [-0.1, -0.05) is 48.4 Å². The molecule has 4 heteroatoms. The van der Waals surface area contributed by atoms with Gasteiger partial charge >= 0.3 is 6.85 Å². The number of furan rings is 1. The van der Waals surface area contributed by atoms with Crippen LogP contribution in [0.4, 0.5) is 5.69 Å². The van der Waals surface area contributed by atoms with Crippen LogP contribution >= 0.6 is 0 Å². The Morgan fingerprint density at radius 1 is 0.926 bits per heavy atom. The van der Waals surface area contributed by atoms with Gasteiger partial charge < -0.3 is 9.23 Å². The zero-order valence-electron chi connectivity index (χ0n) is 15.5. The van der Waals surface area contributed by atoms with E-state index < -0.39 is 0 Å². The number of aromatic nitrogens is 1. The zero-order valence-corrected chi connectivity index (χ0v) is 15.5. The van der Waals surface area contributed by atoms with Gasteiger partial charge in [0, 0.05) is 17.5 Å². The molecule has 130 valence electrons. The first-order chi connectivity index (χ1) is 13.2. The number of nitrogens with zero attached hydrogens (tertiary/aromatic N) is 2. The summed E-state index contributed by atoms with van der Waals surface area (Å²) in [5, 5.41) is 1.16. The SMILES string of the molecule is CN1B(c2cc(-c3ccccc3)cc[n+]2C)C=Cc2oc3ccccc3c21. The molecule has 0 radical (unpaired) electrons. The number of rotatable bonds is 2. The largest absolute Gasteiger partial charge is 0.455 e. The molecule has 3 nitrogen and oxygen atoms in total. The summed E-state index contributed by atoms with van der Waals surface area (Å²) >= 11 is 0. The highest BCUT2D eigenvalue weighted by Crippen LogP contribution is 2.36. The molecule has 0 saturated carbocycles. The van der Waals surface area contributed by atoms with Gasteiger partial charge in [-0.15, -0.1) is 0 Å². The van der Waals surface area contributed by atoms with Crippen molar-refractivity contribution in [3.8, 4) is 11.1 Å². The summed E-state index contributed by atoms with van der Waals surface area (Å²) in [6.45, 7) is 0.146. The van der Waals surface area contributed by atoms with E-state index in [2.05, 4.69) is 96.3 Å². The lowest BCUT2D eigenvalue weighted by molar-refractivity contribution is -0.654. The summed E-state index contributed by atoms with van der Waals surface area (Å²) in [5.74, 6) is 3.14. The van der Waals surface area contributed by atoms with Gasteiger partial charge in [-0.3, -0.25) is 0 Å². The number of hydrogen-bond acceptors (Lipinski definition) is 2. The Labute approximate surface area is 159 Å². The van der Waals surface area contributed by atoms with Crippen LogP contribution in [0.15, 0.2) is 83.3 Å². The molecule has 4 aromatic rings. The van der Waals surface area contributed by atoms with Gasteiger partial charge in [0.15, 0.2) is 11.8 Å². The average Bonchev–Trinajstić information content (AvgIpc) is 3.09. The van der Waals surface area contributed by atoms with Crippen LogP contribution in [0.3, 0.4) is 0 Å². The van der Waals surface area contributed by atoms with Crippen LogP contribution in [0.1, 0.15) is 5.76 Å². The molecule has 0 unspecified atom stereocenters. The molecular formula is C23H20BN2O+. The first-order valence-corrected chi connectivity index (χ1v) is 9.20. The molecule has 3 heterocycles. The van der Waals surface area contributed by atoms with Gasteiger partial charge in [0.25, 0.3) is 0 Å². The molecular weight excluding hydrogens is 331 g/mol. The Hall–Kier alpha value is -3.27. The summed E-state index contributed by atoms with van der Waals surface area (Å²) in [5.41, 5.74) is 5.79. The average molecular weight is 351 g/mol. The van der Waals surface area contributed by atoms with Crippen molar-refractivity contribution in [1.82, 2.24) is 0 Å². The van der Waals surface area contributed by atoms with Crippen molar-refractivity contribution in [3.05, 3.63) is 84.7 Å². The molecule has 0 atom stereocenters. The van der Waals surface area contributed by atoms with E-state index in [0.717, 1.165) is 22.4 Å². The quantitative estimate of drug-likeness (QED) is 0.404. The van der Waals surface area contributed by atoms with Crippen molar-refractivity contribution in [2.24, 2.45) is 7.05 Å². The Morgan fingerprint density at radius 2 is 1.70 bits per heavy atom. The van der Waals surface area contributed by atoms with Crippen molar-refractivity contribution >= 4 is 35.2 Å². The van der Waals surface area contributed by atoms with Crippen molar-refractivity contribution in [2.75, 3.05) is 11.9 Å². The fraction of sp³-hybridized carbons (Fsp3) is 0.0870. The van der Waals surface area contributed by atoms with E-state index in [4.69, 9.17) is 4.42 Å². The second-order valence-corrected chi connectivity index (χ2v) is 7.04. The number of aryl methyl sites for hydroxylation is 1. The van der Waals surface area contributed by atoms with Crippen molar-refractivity contribution in [3.63, 3.8) is 0 Å². The highest BCUT2D eigenvalue weighted by molar-refractivity contribution is 6.81. The van der Waals surface area contributed by atoms with Crippen molar-refractivity contribution in [2.45, 2.75) is 0 Å². The molecule has 5 rings (SSSR count). The van der Waals surface area contributed by atoms with Crippen molar-refractivity contribution in [1.29, 1.82) is 0 Å². The highest BCUT2D eigenvalue weighted by atomic mass is 16.3. The molecule has 27 heavy (non-hydrogen) atoms. The number of benzene rings is 2. The van der Waals surface area contributed by atoms with Crippen LogP contribution in [0.2, 0.25) is 0 Å². The summed E-state index contributed by atoms with van der Waals surface area (Å²) < 4.78 is 8.23. The van der Waals surface area contributed by atoms with E-state index in [0.29, 0.717) is 0 Å². The number of para-hydroxylation sites is 1. The van der Waals surface area contributed by atoms with E-state index in [-0.39, 0.29) is 6.85 Å². The normalized spacial score (nSPS) is 13.3. The predicted octanol–water partition coefficient (Wildman–Crippen LogP) is 3.83. The molecule has 0 amide bonds. The zero-order chi connectivity index (χ0) is 18.4. The minimum atomic E-state index is 0.146. The number of hydrogen-bond donors (Lipinski definition) is 0. The van der Waals surface area contributed by atoms with E-state index in [9.17, 15) is 0 Å². The van der Waals surface area contributed by atoms with Gasteiger partial charge in [-0.25, -0.2) is 4.57 Å². The predicted molar refractivity (Wildman–Crippen MR) is 112 cm³/mol. The fourth-order valence-corrected chi connectivity index (χ4v) is 3.96. The number of anilines is 1. The Balaban J connectivity index is 1.62. The van der Waals surface area contributed by atoms with Crippen LogP contribution in [0.25, 0.3) is 28.2 Å². The van der Waals surface area contributed by atoms with Crippen molar-refractivity contribution < 1.29 is 8.98 Å². The maximum atomic E-state index is 6.03. The summed E-state index contributed by atoms with van der Waals surface area (Å²) in [6.07, 6.45) is 4.25. The maximum absolute atomic E-state index is 6.03. The van der Waals surface area contributed by atoms with E-state index in [1.54, 1.807) is 0 Å². The second kappa shape index (κ2) is 6.17. The van der Waals surface area contributed by atoms with Gasteiger partial charge in [-0.05, 0) is 36.4 Å². The molecule has 0 N–H and O–H groups in total. The molecule has 2 aromatic carbocycles. The third-order valence-corrected chi connectivity index (χ3v) is 5.39. The summed E-state index contributed by atoms with van der Waals surface area (Å²) in [7, 11) is 4.25. The Kier molecular flexibility index (Phi) is 3.64. The van der Waals surface area contributed by atoms with Gasteiger partial charge in [0.2, 0.25) is 0 Å². The summed E-state index contributed by atoms with van der Waals surface area (Å²) in [6, 6.07) is 23.2. The lowest BCUT2D eigenvalue weighted by atomic mass is 9.55. The molecule has 0 bridgehead atoms. The summed E-state index contributed by atoms with van der Waals surface area (Å²) in [4.78, 5) is 2.31. The second-order valence-electron chi connectivity index (χ2n) is 7.04. The molecule has 1 aliphatic rings. The first kappa shape index (κ1) is 15.9. The lowest BCUT2D eigenvalue weighted by Gasteiger charge is -2.26. The maximum Gasteiger partial charge on any atom is 0.396 e. The molecule has 2 aromatic heterocycles. The molecule has 0 aliphatic carbocycles. The highest BCUT2D eigenvalue weighted by Gasteiger charge is 2.35. The first-order valence-electron chi connectivity index (χ1n) is 9.20. The topological polar surface area (TPSA) is 20.3 Å². The minimum Gasteiger partial charge on any atom is -0.455 e. The molecule has 0 fully saturated rings. The van der Waals surface area contributed by atoms with Gasteiger partial charge in [-0.2, -0.15) is 0 Å². The molecule has 0 spiro atoms. The molecule has 0 saturated heterocycles. The minimum absolute atomic E-state index is 0.146. The van der Waals surface area contributed by atoms with Gasteiger partial charge in [0.1, 0.15) is 18.4 Å². The van der Waals surface area contributed by atoms with Crippen LogP contribution in [-0.2, 0) is 7.05 Å². The Morgan fingerprint density at radius 3 is 2.56 bits per heavy atom. The monoisotopic (exact) mass is 351 g/mol. The van der Waals surface area contributed by atoms with Crippen LogP contribution < -0.4 is 15.0 Å². The van der Waals surface area contributed by atoms with Crippen LogP contribution in [-0.4, -0.2) is 13.9 Å². The lowest BCUT2D eigenvalue weighted by Crippen LogP contribution is -2.60. The van der Waals surface area contributed by atoms with E-state index >= 15 is 0 Å². The standard InChI is InChI=1S/C23H20BN2O/c1-25-15-13-18(17-8-4-3-5-9-17)16-22(25)24-14-12-21-23(26(24)2)19-10-6-7-11-20(19)27-21/h3-16H,1-2H3/q+1.